The van der Waals surface area contributed by atoms with Gasteiger partial charge in [0.15, 0.2) is 11.0 Å². The van der Waals surface area contributed by atoms with Gasteiger partial charge >= 0.3 is 0 Å². The van der Waals surface area contributed by atoms with Crippen LogP contribution < -0.4 is 4.57 Å². The number of nitrogens with zero attached hydrogens (tertiary/aromatic N) is 2. The van der Waals surface area contributed by atoms with Gasteiger partial charge in [0.05, 0.1) is 13.2 Å². The molecule has 8 heteroatoms. The Kier molecular flexibility index (Phi) is 6.77. The maximum Gasteiger partial charge on any atom is 0.259 e. The SMILES string of the molecule is CCOS(=O)(=O)[O-].CC[n+]1c(C)n(-c2ccccc2)c2ccc(Cl)cc21. The fourth-order valence-electron chi connectivity index (χ4n) is 2.82. The van der Waals surface area contributed by atoms with Crippen molar-refractivity contribution in [1.29, 1.82) is 0 Å². The molecule has 0 spiro atoms. The van der Waals surface area contributed by atoms with E-state index in [0.717, 1.165) is 11.6 Å². The number of hydrogen-bond donors (Lipinski definition) is 0. The minimum absolute atomic E-state index is 0.0914. The van der Waals surface area contributed by atoms with Gasteiger partial charge in [-0.25, -0.2) is 13.0 Å². The smallest absolute Gasteiger partial charge is 0.259 e. The van der Waals surface area contributed by atoms with Gasteiger partial charge in [-0.15, -0.1) is 0 Å². The van der Waals surface area contributed by atoms with E-state index < -0.39 is 10.4 Å². The zero-order valence-corrected chi connectivity index (χ0v) is 16.4. The molecule has 1 heterocycles. The summed E-state index contributed by atoms with van der Waals surface area (Å²) in [5, 5.41) is 0.778. The summed E-state index contributed by atoms with van der Waals surface area (Å²) >= 11 is 6.13. The number of hydrogen-bond acceptors (Lipinski definition) is 4. The van der Waals surface area contributed by atoms with E-state index in [4.69, 9.17) is 11.6 Å². The van der Waals surface area contributed by atoms with E-state index >= 15 is 0 Å². The van der Waals surface area contributed by atoms with Crippen molar-refractivity contribution in [3.05, 3.63) is 59.4 Å². The Bertz CT molecular complexity index is 985. The van der Waals surface area contributed by atoms with Gasteiger partial charge in [0.1, 0.15) is 5.69 Å². The molecule has 26 heavy (non-hydrogen) atoms. The van der Waals surface area contributed by atoms with Crippen LogP contribution in [0.1, 0.15) is 19.7 Å². The molecule has 0 aliphatic carbocycles. The second kappa shape index (κ2) is 8.64. The lowest BCUT2D eigenvalue weighted by Crippen LogP contribution is -2.34. The molecule has 0 saturated heterocycles. The molecule has 6 nitrogen and oxygen atoms in total. The molecule has 0 bridgehead atoms. The van der Waals surface area contributed by atoms with Crippen LogP contribution in [0.2, 0.25) is 5.02 Å². The van der Waals surface area contributed by atoms with Crippen LogP contribution in [0.15, 0.2) is 48.5 Å². The first-order chi connectivity index (χ1) is 12.3. The standard InChI is InChI=1S/C16H16ClN2.C2H6O4S/c1-3-18-12(2)19(14-7-5-4-6-8-14)15-10-9-13(17)11-16(15)18;1-2-6-7(3,4)5/h4-11H,3H2,1-2H3;2H2,1H3,(H,3,4,5)/q+1;/p-1. The molecule has 0 atom stereocenters. The van der Waals surface area contributed by atoms with Crippen molar-refractivity contribution < 1.29 is 21.7 Å². The van der Waals surface area contributed by atoms with E-state index in [1.807, 2.05) is 18.2 Å². The molecule has 0 radical (unpaired) electrons. The average Bonchev–Trinajstić information content (AvgIpc) is 2.85. The Balaban J connectivity index is 0.000000298. The summed E-state index contributed by atoms with van der Waals surface area (Å²) in [4.78, 5) is 0. The highest BCUT2D eigenvalue weighted by Gasteiger charge is 2.21. The summed E-state index contributed by atoms with van der Waals surface area (Å²) in [6, 6.07) is 16.5. The molecule has 0 N–H and O–H groups in total. The molecule has 0 unspecified atom stereocenters. The molecule has 0 fully saturated rings. The van der Waals surface area contributed by atoms with Crippen molar-refractivity contribution in [3.63, 3.8) is 0 Å². The molecule has 3 rings (SSSR count). The van der Waals surface area contributed by atoms with Crippen LogP contribution in [0.3, 0.4) is 0 Å². The molecule has 0 amide bonds. The van der Waals surface area contributed by atoms with Crippen molar-refractivity contribution in [2.45, 2.75) is 27.3 Å². The molecule has 2 aromatic carbocycles. The van der Waals surface area contributed by atoms with Crippen LogP contribution in [0.4, 0.5) is 0 Å². The van der Waals surface area contributed by atoms with Gasteiger partial charge in [0, 0.05) is 18.0 Å². The minimum Gasteiger partial charge on any atom is -0.726 e. The Labute approximate surface area is 158 Å². The lowest BCUT2D eigenvalue weighted by molar-refractivity contribution is -0.674. The quantitative estimate of drug-likeness (QED) is 0.385. The molecule has 0 saturated carbocycles. The summed E-state index contributed by atoms with van der Waals surface area (Å²) in [6.45, 7) is 6.57. The maximum absolute atomic E-state index is 9.45. The highest BCUT2D eigenvalue weighted by atomic mass is 35.5. The van der Waals surface area contributed by atoms with Crippen LogP contribution in [0.25, 0.3) is 16.7 Å². The first kappa shape index (κ1) is 20.4. The maximum atomic E-state index is 9.45. The molecule has 140 valence electrons. The predicted octanol–water partition coefficient (Wildman–Crippen LogP) is 3.38. The second-order valence-corrected chi connectivity index (χ2v) is 6.90. The average molecular weight is 397 g/mol. The Hall–Kier alpha value is -1.93. The Morgan fingerprint density at radius 1 is 1.15 bits per heavy atom. The molecular weight excluding hydrogens is 376 g/mol. The van der Waals surface area contributed by atoms with Crippen molar-refractivity contribution in [2.24, 2.45) is 0 Å². The number of fused-ring (bicyclic) bond motifs is 1. The fraction of sp³-hybridized carbons (Fsp3) is 0.278. The molecule has 0 aliphatic heterocycles. The van der Waals surface area contributed by atoms with Crippen molar-refractivity contribution in [1.82, 2.24) is 4.57 Å². The molecule has 0 aliphatic rings. The number of aryl methyl sites for hydroxylation is 1. The number of para-hydroxylation sites is 1. The first-order valence-electron chi connectivity index (χ1n) is 8.14. The number of rotatable bonds is 4. The largest absolute Gasteiger partial charge is 0.726 e. The third-order valence-corrected chi connectivity index (χ3v) is 4.54. The molecular formula is C18H21ClN2O4S. The summed E-state index contributed by atoms with van der Waals surface area (Å²) in [5.74, 6) is 1.21. The monoisotopic (exact) mass is 396 g/mol. The van der Waals surface area contributed by atoms with E-state index in [1.54, 1.807) is 0 Å². The van der Waals surface area contributed by atoms with E-state index in [2.05, 4.69) is 57.5 Å². The normalized spacial score (nSPS) is 11.3. The lowest BCUT2D eigenvalue weighted by Gasteiger charge is -2.02. The first-order valence-corrected chi connectivity index (χ1v) is 9.85. The second-order valence-electron chi connectivity index (χ2n) is 5.41. The van der Waals surface area contributed by atoms with Crippen molar-refractivity contribution >= 4 is 33.0 Å². The molecule has 3 aromatic rings. The molecule has 1 aromatic heterocycles. The highest BCUT2D eigenvalue weighted by Crippen LogP contribution is 2.22. The Morgan fingerprint density at radius 2 is 1.81 bits per heavy atom. The van der Waals surface area contributed by atoms with Crippen molar-refractivity contribution in [2.75, 3.05) is 6.61 Å². The number of halogens is 1. The van der Waals surface area contributed by atoms with Gasteiger partial charge in [-0.1, -0.05) is 29.8 Å². The number of aromatic nitrogens is 2. The Morgan fingerprint density at radius 3 is 2.31 bits per heavy atom. The minimum atomic E-state index is -4.42. The zero-order chi connectivity index (χ0) is 19.3. The zero-order valence-electron chi connectivity index (χ0n) is 14.8. The van der Waals surface area contributed by atoms with Crippen LogP contribution in [-0.2, 0) is 21.1 Å². The van der Waals surface area contributed by atoms with E-state index in [9.17, 15) is 13.0 Å². The van der Waals surface area contributed by atoms with Gasteiger partial charge in [0.2, 0.25) is 10.4 Å². The van der Waals surface area contributed by atoms with Crippen LogP contribution in [-0.4, -0.2) is 24.1 Å². The van der Waals surface area contributed by atoms with Gasteiger partial charge < -0.3 is 4.55 Å². The fourth-order valence-corrected chi connectivity index (χ4v) is 3.27. The number of imidazole rings is 1. The van der Waals surface area contributed by atoms with Crippen LogP contribution in [0, 0.1) is 6.92 Å². The third kappa shape index (κ3) is 4.82. The lowest BCUT2D eigenvalue weighted by atomic mass is 10.3. The predicted molar refractivity (Wildman–Crippen MR) is 100 cm³/mol. The van der Waals surface area contributed by atoms with E-state index in [0.29, 0.717) is 0 Å². The van der Waals surface area contributed by atoms with Gasteiger partial charge in [0.25, 0.3) is 5.82 Å². The topological polar surface area (TPSA) is 75.2 Å². The van der Waals surface area contributed by atoms with E-state index in [1.165, 1.54) is 29.5 Å². The van der Waals surface area contributed by atoms with Crippen LogP contribution >= 0.6 is 11.6 Å². The number of benzene rings is 2. The van der Waals surface area contributed by atoms with Gasteiger partial charge in [-0.3, -0.25) is 4.18 Å². The van der Waals surface area contributed by atoms with Crippen molar-refractivity contribution in [3.8, 4) is 5.69 Å². The summed E-state index contributed by atoms with van der Waals surface area (Å²) < 4.78 is 36.6. The summed E-state index contributed by atoms with van der Waals surface area (Å²) in [5.41, 5.74) is 3.55. The van der Waals surface area contributed by atoms with E-state index in [-0.39, 0.29) is 6.61 Å². The summed E-state index contributed by atoms with van der Waals surface area (Å²) in [6.07, 6.45) is 0. The van der Waals surface area contributed by atoms with Crippen LogP contribution in [0.5, 0.6) is 0 Å². The summed E-state index contributed by atoms with van der Waals surface area (Å²) in [7, 11) is -4.42. The highest BCUT2D eigenvalue weighted by molar-refractivity contribution is 7.80. The van der Waals surface area contributed by atoms with Gasteiger partial charge in [-0.2, -0.15) is 4.57 Å². The third-order valence-electron chi connectivity index (χ3n) is 3.78. The van der Waals surface area contributed by atoms with Gasteiger partial charge in [-0.05, 0) is 38.1 Å².